The maximum atomic E-state index is 13.6. The van der Waals surface area contributed by atoms with Crippen LogP contribution < -0.4 is 10.2 Å². The molecule has 2 aromatic heterocycles. The van der Waals surface area contributed by atoms with Gasteiger partial charge in [-0.3, -0.25) is 9.78 Å². The van der Waals surface area contributed by atoms with E-state index >= 15 is 0 Å². The standard InChI is InChI=1S/C17H20FN5O/c1-12-9-16(23-7-3-2-4-8-23)22-15(21-12)11-20-17(24)13-5-6-19-10-14(13)18/h5-6,9-10H,2-4,7-8,11H2,1H3,(H,20,24). The minimum absolute atomic E-state index is 0.0334. The topological polar surface area (TPSA) is 71.0 Å². The predicted molar refractivity (Wildman–Crippen MR) is 88.2 cm³/mol. The van der Waals surface area contributed by atoms with Crippen LogP contribution in [0.5, 0.6) is 0 Å². The fraction of sp³-hybridized carbons (Fsp3) is 0.412. The molecule has 0 spiro atoms. The van der Waals surface area contributed by atoms with Crippen LogP contribution >= 0.6 is 0 Å². The van der Waals surface area contributed by atoms with Gasteiger partial charge in [-0.2, -0.15) is 0 Å². The molecule has 1 aliphatic heterocycles. The Bertz CT molecular complexity index is 731. The number of halogens is 1. The lowest BCUT2D eigenvalue weighted by atomic mass is 10.1. The summed E-state index contributed by atoms with van der Waals surface area (Å²) in [5.41, 5.74) is 0.818. The largest absolute Gasteiger partial charge is 0.357 e. The van der Waals surface area contributed by atoms with Crippen LogP contribution in [0.1, 0.15) is 41.1 Å². The molecule has 2 aromatic rings. The minimum atomic E-state index is -0.644. The Morgan fingerprint density at radius 3 is 2.83 bits per heavy atom. The predicted octanol–water partition coefficient (Wildman–Crippen LogP) is 2.24. The number of aromatic nitrogens is 3. The number of pyridine rings is 1. The molecule has 6 nitrogen and oxygen atoms in total. The zero-order valence-corrected chi connectivity index (χ0v) is 13.6. The van der Waals surface area contributed by atoms with E-state index < -0.39 is 11.7 Å². The van der Waals surface area contributed by atoms with Gasteiger partial charge in [0.1, 0.15) is 11.6 Å². The molecule has 3 heterocycles. The number of aryl methyl sites for hydroxylation is 1. The number of piperidine rings is 1. The number of nitrogens with one attached hydrogen (secondary N) is 1. The van der Waals surface area contributed by atoms with Gasteiger partial charge in [-0.1, -0.05) is 0 Å². The van der Waals surface area contributed by atoms with Gasteiger partial charge in [0, 0.05) is 31.0 Å². The van der Waals surface area contributed by atoms with E-state index in [0.717, 1.165) is 43.6 Å². The van der Waals surface area contributed by atoms with Crippen LogP contribution in [0.15, 0.2) is 24.5 Å². The second kappa shape index (κ2) is 7.33. The van der Waals surface area contributed by atoms with Crippen molar-refractivity contribution in [3.8, 4) is 0 Å². The lowest BCUT2D eigenvalue weighted by molar-refractivity contribution is 0.0945. The molecule has 24 heavy (non-hydrogen) atoms. The molecule has 7 heteroatoms. The van der Waals surface area contributed by atoms with Crippen LogP contribution in [0, 0.1) is 12.7 Å². The molecule has 0 radical (unpaired) electrons. The van der Waals surface area contributed by atoms with Crippen LogP contribution in [-0.4, -0.2) is 33.9 Å². The molecule has 0 unspecified atom stereocenters. The zero-order valence-electron chi connectivity index (χ0n) is 13.6. The van der Waals surface area contributed by atoms with Crippen LogP contribution in [0.3, 0.4) is 0 Å². The molecule has 1 fully saturated rings. The number of hydrogen-bond acceptors (Lipinski definition) is 5. The Hall–Kier alpha value is -2.57. The summed E-state index contributed by atoms with van der Waals surface area (Å²) >= 11 is 0. The maximum Gasteiger partial charge on any atom is 0.254 e. The van der Waals surface area contributed by atoms with Gasteiger partial charge in [-0.05, 0) is 32.3 Å². The smallest absolute Gasteiger partial charge is 0.254 e. The third kappa shape index (κ3) is 3.84. The highest BCUT2D eigenvalue weighted by Gasteiger charge is 2.15. The first kappa shape index (κ1) is 16.3. The fourth-order valence-corrected chi connectivity index (χ4v) is 2.79. The first-order valence-electron chi connectivity index (χ1n) is 8.11. The number of hydrogen-bond donors (Lipinski definition) is 1. The maximum absolute atomic E-state index is 13.6. The van der Waals surface area contributed by atoms with Gasteiger partial charge in [-0.25, -0.2) is 14.4 Å². The van der Waals surface area contributed by atoms with Crippen LogP contribution in [0.2, 0.25) is 0 Å². The molecule has 0 aliphatic carbocycles. The second-order valence-corrected chi connectivity index (χ2v) is 5.87. The lowest BCUT2D eigenvalue weighted by Crippen LogP contribution is -2.31. The van der Waals surface area contributed by atoms with Crippen LogP contribution in [0.25, 0.3) is 0 Å². The van der Waals surface area contributed by atoms with Gasteiger partial charge in [0.2, 0.25) is 0 Å². The molecule has 1 amide bonds. The van der Waals surface area contributed by atoms with Crippen molar-refractivity contribution in [2.75, 3.05) is 18.0 Å². The highest BCUT2D eigenvalue weighted by Crippen LogP contribution is 2.18. The first-order valence-corrected chi connectivity index (χ1v) is 8.11. The number of anilines is 1. The van der Waals surface area contributed by atoms with E-state index in [4.69, 9.17) is 0 Å². The number of nitrogens with zero attached hydrogens (tertiary/aromatic N) is 4. The lowest BCUT2D eigenvalue weighted by Gasteiger charge is -2.28. The summed E-state index contributed by atoms with van der Waals surface area (Å²) in [6.45, 7) is 4.04. The van der Waals surface area contributed by atoms with Crippen molar-refractivity contribution in [1.82, 2.24) is 20.3 Å². The van der Waals surface area contributed by atoms with Crippen molar-refractivity contribution in [2.24, 2.45) is 0 Å². The zero-order chi connectivity index (χ0) is 16.9. The molecule has 1 N–H and O–H groups in total. The third-order valence-electron chi connectivity index (χ3n) is 3.99. The summed E-state index contributed by atoms with van der Waals surface area (Å²) in [5.74, 6) is 0.272. The number of amides is 1. The quantitative estimate of drug-likeness (QED) is 0.931. The molecular weight excluding hydrogens is 309 g/mol. The van der Waals surface area contributed by atoms with Crippen LogP contribution in [-0.2, 0) is 6.54 Å². The van der Waals surface area contributed by atoms with Crippen molar-refractivity contribution >= 4 is 11.7 Å². The van der Waals surface area contributed by atoms with E-state index in [1.807, 2.05) is 13.0 Å². The van der Waals surface area contributed by atoms with E-state index in [9.17, 15) is 9.18 Å². The summed E-state index contributed by atoms with van der Waals surface area (Å²) in [6.07, 6.45) is 5.98. The molecule has 126 valence electrons. The Morgan fingerprint density at radius 1 is 1.29 bits per heavy atom. The van der Waals surface area contributed by atoms with Gasteiger partial charge < -0.3 is 10.2 Å². The van der Waals surface area contributed by atoms with Crippen molar-refractivity contribution in [1.29, 1.82) is 0 Å². The van der Waals surface area contributed by atoms with Crippen LogP contribution in [0.4, 0.5) is 10.2 Å². The molecule has 0 bridgehead atoms. The van der Waals surface area contributed by atoms with E-state index in [2.05, 4.69) is 25.2 Å². The number of carbonyl (C=O) groups excluding carboxylic acids is 1. The Labute approximate surface area is 140 Å². The minimum Gasteiger partial charge on any atom is -0.357 e. The molecular formula is C17H20FN5O. The molecule has 1 saturated heterocycles. The third-order valence-corrected chi connectivity index (χ3v) is 3.99. The van der Waals surface area contributed by atoms with Gasteiger partial charge in [0.25, 0.3) is 5.91 Å². The molecule has 0 atom stereocenters. The second-order valence-electron chi connectivity index (χ2n) is 5.87. The summed E-state index contributed by atoms with van der Waals surface area (Å²) in [5, 5.41) is 2.66. The number of rotatable bonds is 4. The summed E-state index contributed by atoms with van der Waals surface area (Å²) in [6, 6.07) is 3.31. The van der Waals surface area contributed by atoms with Crippen molar-refractivity contribution in [2.45, 2.75) is 32.7 Å². The van der Waals surface area contributed by atoms with Gasteiger partial charge in [0.15, 0.2) is 5.82 Å². The average molecular weight is 329 g/mol. The Kier molecular flexibility index (Phi) is 4.98. The average Bonchev–Trinajstić information content (AvgIpc) is 2.60. The van der Waals surface area contributed by atoms with Gasteiger partial charge in [-0.15, -0.1) is 0 Å². The molecule has 1 aliphatic rings. The fourth-order valence-electron chi connectivity index (χ4n) is 2.79. The first-order chi connectivity index (χ1) is 11.6. The summed E-state index contributed by atoms with van der Waals surface area (Å²) in [7, 11) is 0. The van der Waals surface area contributed by atoms with Crippen molar-refractivity contribution < 1.29 is 9.18 Å². The van der Waals surface area contributed by atoms with E-state index in [-0.39, 0.29) is 12.1 Å². The van der Waals surface area contributed by atoms with E-state index in [0.29, 0.717) is 5.82 Å². The Balaban J connectivity index is 1.70. The highest BCUT2D eigenvalue weighted by atomic mass is 19.1. The van der Waals surface area contributed by atoms with E-state index in [1.54, 1.807) is 0 Å². The van der Waals surface area contributed by atoms with E-state index in [1.165, 1.54) is 18.7 Å². The number of carbonyl (C=O) groups is 1. The summed E-state index contributed by atoms with van der Waals surface area (Å²) in [4.78, 5) is 26.8. The normalized spacial score (nSPS) is 14.5. The SMILES string of the molecule is Cc1cc(N2CCCCC2)nc(CNC(=O)c2ccncc2F)n1. The Morgan fingerprint density at radius 2 is 2.08 bits per heavy atom. The van der Waals surface area contributed by atoms with Gasteiger partial charge in [0.05, 0.1) is 18.3 Å². The molecule has 0 saturated carbocycles. The van der Waals surface area contributed by atoms with Crippen molar-refractivity contribution in [3.63, 3.8) is 0 Å². The highest BCUT2D eigenvalue weighted by molar-refractivity contribution is 5.94. The van der Waals surface area contributed by atoms with Crippen molar-refractivity contribution in [3.05, 3.63) is 47.4 Å². The molecule has 0 aromatic carbocycles. The van der Waals surface area contributed by atoms with Gasteiger partial charge >= 0.3 is 0 Å². The summed E-state index contributed by atoms with van der Waals surface area (Å²) < 4.78 is 13.6. The monoisotopic (exact) mass is 329 g/mol. The molecule has 3 rings (SSSR count).